The molecule has 0 aromatic heterocycles. The van der Waals surface area contributed by atoms with Gasteiger partial charge in [0.2, 0.25) is 0 Å². The Hall–Kier alpha value is -3.88. The summed E-state index contributed by atoms with van der Waals surface area (Å²) in [5.74, 6) is 0.0237. The quantitative estimate of drug-likeness (QED) is 0.324. The highest BCUT2D eigenvalue weighted by atomic mass is 16.6. The average Bonchev–Trinajstić information content (AvgIpc) is 2.75. The fraction of sp³-hybridized carbons (Fsp3) is 0.238. The largest absolute Gasteiger partial charge is 0.490 e. The van der Waals surface area contributed by atoms with E-state index < -0.39 is 23.0 Å². The van der Waals surface area contributed by atoms with Gasteiger partial charge < -0.3 is 19.7 Å². The highest BCUT2D eigenvalue weighted by molar-refractivity contribution is 5.95. The highest BCUT2D eigenvalue weighted by Gasteiger charge is 2.35. The molecule has 1 heterocycles. The van der Waals surface area contributed by atoms with Crippen molar-refractivity contribution in [2.24, 2.45) is 0 Å². The molecule has 1 N–H and O–H groups in total. The molecule has 1 aliphatic heterocycles. The number of carbonyl (C=O) groups excluding carboxylic acids is 2. The van der Waals surface area contributed by atoms with Gasteiger partial charge in [0.15, 0.2) is 0 Å². The van der Waals surface area contributed by atoms with Crippen molar-refractivity contribution in [3.63, 3.8) is 0 Å². The Balaban J connectivity index is 1.77. The molecular weight excluding hydrogens is 390 g/mol. The predicted octanol–water partition coefficient (Wildman–Crippen LogP) is 3.19. The summed E-state index contributed by atoms with van der Waals surface area (Å²) in [6.07, 6.45) is 0. The number of nitro groups is 1. The summed E-state index contributed by atoms with van der Waals surface area (Å²) in [7, 11) is 1.53. The van der Waals surface area contributed by atoms with Crippen molar-refractivity contribution in [3.8, 4) is 5.75 Å². The second kappa shape index (κ2) is 9.08. The molecule has 2 aromatic rings. The number of para-hydroxylation sites is 1. The maximum Gasteiger partial charge on any atom is 0.338 e. The summed E-state index contributed by atoms with van der Waals surface area (Å²) in [6.45, 7) is 1.79. The van der Waals surface area contributed by atoms with Gasteiger partial charge in [0, 0.05) is 24.9 Å². The van der Waals surface area contributed by atoms with E-state index in [-0.39, 0.29) is 24.5 Å². The first-order valence-corrected chi connectivity index (χ1v) is 9.23. The fourth-order valence-electron chi connectivity index (χ4n) is 3.06. The van der Waals surface area contributed by atoms with Gasteiger partial charge in [-0.2, -0.15) is 0 Å². The van der Waals surface area contributed by atoms with Gasteiger partial charge in [0.25, 0.3) is 5.69 Å². The molecule has 0 bridgehead atoms. The van der Waals surface area contributed by atoms with Crippen LogP contribution in [0.3, 0.4) is 0 Å². The van der Waals surface area contributed by atoms with Crippen molar-refractivity contribution >= 4 is 17.7 Å². The highest BCUT2D eigenvalue weighted by Crippen LogP contribution is 2.32. The second-order valence-electron chi connectivity index (χ2n) is 6.59. The standard InChI is InChI=1S/C21H21N3O6/c1-14-18(20(25)30-12-11-29-17-9-4-3-5-10-17)19(22-21(26)23(14)2)15-7-6-8-16(13-15)24(27)28/h3-10,13,19H,11-12H2,1-2H3,(H,22,26). The molecule has 1 atom stereocenters. The number of hydrogen-bond acceptors (Lipinski definition) is 6. The number of allylic oxidation sites excluding steroid dienone is 1. The van der Waals surface area contributed by atoms with Crippen LogP contribution >= 0.6 is 0 Å². The van der Waals surface area contributed by atoms with Crippen LogP contribution in [0.15, 0.2) is 65.9 Å². The van der Waals surface area contributed by atoms with E-state index in [4.69, 9.17) is 9.47 Å². The molecule has 0 saturated carbocycles. The lowest BCUT2D eigenvalue weighted by atomic mass is 9.95. The van der Waals surface area contributed by atoms with E-state index in [0.29, 0.717) is 17.0 Å². The van der Waals surface area contributed by atoms with Crippen LogP contribution < -0.4 is 10.1 Å². The van der Waals surface area contributed by atoms with Gasteiger partial charge >= 0.3 is 12.0 Å². The smallest absolute Gasteiger partial charge is 0.338 e. The normalized spacial score (nSPS) is 16.1. The molecule has 0 saturated heterocycles. The van der Waals surface area contributed by atoms with Gasteiger partial charge in [0.1, 0.15) is 19.0 Å². The summed E-state index contributed by atoms with van der Waals surface area (Å²) in [4.78, 5) is 37.0. The molecular formula is C21H21N3O6. The minimum Gasteiger partial charge on any atom is -0.490 e. The van der Waals surface area contributed by atoms with E-state index in [1.54, 1.807) is 25.1 Å². The predicted molar refractivity (Wildman–Crippen MR) is 108 cm³/mol. The summed E-state index contributed by atoms with van der Waals surface area (Å²) < 4.78 is 10.9. The van der Waals surface area contributed by atoms with Crippen LogP contribution in [0.25, 0.3) is 0 Å². The number of nitrogens with zero attached hydrogens (tertiary/aromatic N) is 2. The van der Waals surface area contributed by atoms with Crippen molar-refractivity contribution in [3.05, 3.63) is 81.5 Å². The number of carbonyl (C=O) groups is 2. The Morgan fingerprint density at radius 2 is 1.90 bits per heavy atom. The van der Waals surface area contributed by atoms with Crippen LogP contribution in [0.1, 0.15) is 18.5 Å². The Kier molecular flexibility index (Phi) is 6.31. The van der Waals surface area contributed by atoms with Crippen molar-refractivity contribution in [2.75, 3.05) is 20.3 Å². The fourth-order valence-corrected chi connectivity index (χ4v) is 3.06. The number of benzene rings is 2. The summed E-state index contributed by atoms with van der Waals surface area (Å²) in [6, 6.07) is 13.6. The van der Waals surface area contributed by atoms with Crippen molar-refractivity contribution in [2.45, 2.75) is 13.0 Å². The van der Waals surface area contributed by atoms with Crippen LogP contribution in [0, 0.1) is 10.1 Å². The molecule has 1 unspecified atom stereocenters. The van der Waals surface area contributed by atoms with E-state index in [0.717, 1.165) is 0 Å². The lowest BCUT2D eigenvalue weighted by Crippen LogP contribution is -2.46. The number of urea groups is 1. The molecule has 156 valence electrons. The van der Waals surface area contributed by atoms with E-state index in [2.05, 4.69) is 5.32 Å². The molecule has 0 radical (unpaired) electrons. The lowest BCUT2D eigenvalue weighted by Gasteiger charge is -2.33. The van der Waals surface area contributed by atoms with Crippen LogP contribution in [-0.4, -0.2) is 42.1 Å². The minimum atomic E-state index is -0.865. The first kappa shape index (κ1) is 20.8. The third-order valence-corrected chi connectivity index (χ3v) is 4.72. The van der Waals surface area contributed by atoms with Gasteiger partial charge in [-0.25, -0.2) is 9.59 Å². The number of amides is 2. The summed E-state index contributed by atoms with van der Waals surface area (Å²) in [5.41, 5.74) is 0.890. The van der Waals surface area contributed by atoms with Crippen molar-refractivity contribution in [1.82, 2.24) is 10.2 Å². The second-order valence-corrected chi connectivity index (χ2v) is 6.59. The Morgan fingerprint density at radius 1 is 1.17 bits per heavy atom. The third kappa shape index (κ3) is 4.57. The Labute approximate surface area is 173 Å². The van der Waals surface area contributed by atoms with Gasteiger partial charge in [-0.15, -0.1) is 0 Å². The maximum atomic E-state index is 12.8. The van der Waals surface area contributed by atoms with E-state index in [1.807, 2.05) is 18.2 Å². The molecule has 30 heavy (non-hydrogen) atoms. The van der Waals surface area contributed by atoms with Crippen LogP contribution in [-0.2, 0) is 9.53 Å². The Bertz CT molecular complexity index is 989. The zero-order valence-electron chi connectivity index (χ0n) is 16.5. The Morgan fingerprint density at radius 3 is 2.60 bits per heavy atom. The number of non-ortho nitro benzene ring substituents is 1. The number of ether oxygens (including phenoxy) is 2. The molecule has 2 aromatic carbocycles. The molecule has 0 spiro atoms. The molecule has 9 nitrogen and oxygen atoms in total. The van der Waals surface area contributed by atoms with Crippen LogP contribution in [0.5, 0.6) is 5.75 Å². The SMILES string of the molecule is CC1=C(C(=O)OCCOc2ccccc2)C(c2cccc([N+](=O)[O-])c2)NC(=O)N1C. The van der Waals surface area contributed by atoms with Crippen LogP contribution in [0.4, 0.5) is 10.5 Å². The summed E-state index contributed by atoms with van der Waals surface area (Å²) >= 11 is 0. The maximum absolute atomic E-state index is 12.8. The van der Waals surface area contributed by atoms with E-state index in [1.165, 1.54) is 30.1 Å². The van der Waals surface area contributed by atoms with E-state index >= 15 is 0 Å². The van der Waals surface area contributed by atoms with Crippen molar-refractivity contribution in [1.29, 1.82) is 0 Å². The first-order valence-electron chi connectivity index (χ1n) is 9.23. The molecule has 0 aliphatic carbocycles. The molecule has 2 amide bonds. The minimum absolute atomic E-state index is 0.00380. The van der Waals surface area contributed by atoms with Gasteiger partial charge in [-0.1, -0.05) is 30.3 Å². The topological polar surface area (TPSA) is 111 Å². The van der Waals surface area contributed by atoms with Crippen LogP contribution in [0.2, 0.25) is 0 Å². The first-order chi connectivity index (χ1) is 14.4. The number of rotatable bonds is 7. The lowest BCUT2D eigenvalue weighted by molar-refractivity contribution is -0.384. The van der Waals surface area contributed by atoms with Gasteiger partial charge in [-0.05, 0) is 24.6 Å². The van der Waals surface area contributed by atoms with Gasteiger partial charge in [0.05, 0.1) is 16.5 Å². The number of nitrogens with one attached hydrogen (secondary N) is 1. The zero-order valence-corrected chi connectivity index (χ0v) is 16.5. The molecule has 9 heteroatoms. The molecule has 0 fully saturated rings. The summed E-state index contributed by atoms with van der Waals surface area (Å²) in [5, 5.41) is 13.8. The number of nitro benzene ring substituents is 1. The zero-order chi connectivity index (χ0) is 21.7. The van der Waals surface area contributed by atoms with Crippen molar-refractivity contribution < 1.29 is 24.0 Å². The monoisotopic (exact) mass is 411 g/mol. The number of hydrogen-bond donors (Lipinski definition) is 1. The van der Waals surface area contributed by atoms with E-state index in [9.17, 15) is 19.7 Å². The average molecular weight is 411 g/mol. The molecule has 1 aliphatic rings. The molecule has 3 rings (SSSR count). The third-order valence-electron chi connectivity index (χ3n) is 4.72. The van der Waals surface area contributed by atoms with Gasteiger partial charge in [-0.3, -0.25) is 10.1 Å². The number of esters is 1.